The van der Waals surface area contributed by atoms with E-state index in [9.17, 15) is 4.79 Å². The van der Waals surface area contributed by atoms with Gasteiger partial charge in [0.15, 0.2) is 0 Å². The quantitative estimate of drug-likeness (QED) is 0.564. The number of hydrogen-bond donors (Lipinski definition) is 1. The maximum atomic E-state index is 11.5. The molecule has 0 saturated carbocycles. The molecule has 1 amide bonds. The van der Waals surface area contributed by atoms with Crippen LogP contribution in [0.4, 0.5) is 0 Å². The van der Waals surface area contributed by atoms with Gasteiger partial charge < -0.3 is 14.8 Å². The van der Waals surface area contributed by atoms with Gasteiger partial charge in [0.05, 0.1) is 23.3 Å². The summed E-state index contributed by atoms with van der Waals surface area (Å²) in [7, 11) is 1.73. The first-order valence-electron chi connectivity index (χ1n) is 8.77. The Morgan fingerprint density at radius 3 is 2.00 bits per heavy atom. The van der Waals surface area contributed by atoms with E-state index in [0.717, 1.165) is 19.3 Å². The summed E-state index contributed by atoms with van der Waals surface area (Å²) in [5.41, 5.74) is -0.834. The van der Waals surface area contributed by atoms with Crippen molar-refractivity contribution >= 4 is 5.91 Å². The van der Waals surface area contributed by atoms with Crippen LogP contribution in [-0.4, -0.2) is 36.4 Å². The lowest BCUT2D eigenvalue weighted by Gasteiger charge is -2.40. The molecule has 0 spiro atoms. The molecule has 4 heteroatoms. The molecule has 0 aromatic carbocycles. The van der Waals surface area contributed by atoms with Crippen molar-refractivity contribution in [2.24, 2.45) is 5.41 Å². The standard InChI is InChI=1S/C20H39NO3/c1-11-20(9,21-16(2)22)15-17(3,4)14-19(7,8)24-13-12-18(5,6)23-10/h11H,1,12-15H2,2-10H3,(H,21,22). The van der Waals surface area contributed by atoms with Crippen LogP contribution >= 0.6 is 0 Å². The molecular formula is C20H39NO3. The van der Waals surface area contributed by atoms with Crippen molar-refractivity contribution in [3.63, 3.8) is 0 Å². The monoisotopic (exact) mass is 341 g/mol. The number of amides is 1. The summed E-state index contributed by atoms with van der Waals surface area (Å²) in [6.07, 6.45) is 4.37. The second-order valence-electron chi connectivity index (χ2n) is 9.14. The molecule has 0 bridgehead atoms. The summed E-state index contributed by atoms with van der Waals surface area (Å²) >= 11 is 0. The first-order valence-corrected chi connectivity index (χ1v) is 8.77. The van der Waals surface area contributed by atoms with Crippen molar-refractivity contribution in [2.45, 2.75) is 91.4 Å². The van der Waals surface area contributed by atoms with E-state index in [1.54, 1.807) is 14.0 Å². The van der Waals surface area contributed by atoms with E-state index in [1.165, 1.54) is 0 Å². The molecule has 0 fully saturated rings. The van der Waals surface area contributed by atoms with Crippen LogP contribution in [0, 0.1) is 5.41 Å². The lowest BCUT2D eigenvalue weighted by atomic mass is 9.73. The van der Waals surface area contributed by atoms with Gasteiger partial charge in [-0.1, -0.05) is 19.9 Å². The van der Waals surface area contributed by atoms with Crippen LogP contribution in [0.3, 0.4) is 0 Å². The van der Waals surface area contributed by atoms with Crippen molar-refractivity contribution < 1.29 is 14.3 Å². The third-order valence-corrected chi connectivity index (χ3v) is 4.41. The number of carbonyl (C=O) groups excluding carboxylic acids is 1. The van der Waals surface area contributed by atoms with Crippen molar-refractivity contribution in [3.05, 3.63) is 12.7 Å². The van der Waals surface area contributed by atoms with E-state index in [1.807, 2.05) is 13.0 Å². The molecule has 142 valence electrons. The molecule has 0 aromatic rings. The van der Waals surface area contributed by atoms with Gasteiger partial charge in [0.2, 0.25) is 5.91 Å². The smallest absolute Gasteiger partial charge is 0.217 e. The zero-order valence-corrected chi connectivity index (χ0v) is 17.3. The number of ether oxygens (including phenoxy) is 2. The Balaban J connectivity index is 4.75. The Bertz CT molecular complexity index is 427. The Hall–Kier alpha value is -0.870. The third-order valence-electron chi connectivity index (χ3n) is 4.41. The Labute approximate surface area is 149 Å². The van der Waals surface area contributed by atoms with Gasteiger partial charge >= 0.3 is 0 Å². The minimum atomic E-state index is -0.413. The van der Waals surface area contributed by atoms with Crippen molar-refractivity contribution in [1.82, 2.24) is 5.32 Å². The Morgan fingerprint density at radius 1 is 1.04 bits per heavy atom. The summed E-state index contributed by atoms with van der Waals surface area (Å²) in [6.45, 7) is 20.9. The number of rotatable bonds is 11. The highest BCUT2D eigenvalue weighted by Crippen LogP contribution is 2.37. The molecular weight excluding hydrogens is 302 g/mol. The average molecular weight is 342 g/mol. The lowest BCUT2D eigenvalue weighted by molar-refractivity contribution is -0.120. The highest BCUT2D eigenvalue weighted by Gasteiger charge is 2.36. The fourth-order valence-electron chi connectivity index (χ4n) is 3.50. The highest BCUT2D eigenvalue weighted by atomic mass is 16.5. The SMILES string of the molecule is C=CC(C)(CC(C)(C)CC(C)(C)OCCC(C)(C)OC)NC(C)=O. The van der Waals surface area contributed by atoms with Gasteiger partial charge in [0.25, 0.3) is 0 Å². The summed E-state index contributed by atoms with van der Waals surface area (Å²) in [5, 5.41) is 3.00. The number of carbonyl (C=O) groups is 1. The van der Waals surface area contributed by atoms with Gasteiger partial charge in [-0.2, -0.15) is 0 Å². The maximum Gasteiger partial charge on any atom is 0.217 e. The Kier molecular flexibility index (Phi) is 8.17. The first kappa shape index (κ1) is 23.1. The molecule has 0 aliphatic rings. The molecule has 0 saturated heterocycles. The van der Waals surface area contributed by atoms with Crippen LogP contribution in [-0.2, 0) is 14.3 Å². The van der Waals surface area contributed by atoms with Crippen LogP contribution in [0.1, 0.15) is 74.7 Å². The second-order valence-corrected chi connectivity index (χ2v) is 9.14. The summed E-state index contributed by atoms with van der Waals surface area (Å²) in [5.74, 6) is -0.0366. The van der Waals surface area contributed by atoms with Gasteiger partial charge in [-0.05, 0) is 59.3 Å². The largest absolute Gasteiger partial charge is 0.379 e. The van der Waals surface area contributed by atoms with Crippen LogP contribution in [0.5, 0.6) is 0 Å². The summed E-state index contributed by atoms with van der Waals surface area (Å²) in [4.78, 5) is 11.5. The molecule has 0 aromatic heterocycles. The van der Waals surface area contributed by atoms with Crippen LogP contribution in [0.25, 0.3) is 0 Å². The number of methoxy groups -OCH3 is 1. The zero-order chi connectivity index (χ0) is 19.2. The van der Waals surface area contributed by atoms with Gasteiger partial charge in [0.1, 0.15) is 0 Å². The first-order chi connectivity index (χ1) is 10.7. The maximum absolute atomic E-state index is 11.5. The number of nitrogens with one attached hydrogen (secondary N) is 1. The van der Waals surface area contributed by atoms with Crippen LogP contribution in [0.15, 0.2) is 12.7 Å². The molecule has 1 N–H and O–H groups in total. The predicted octanol–water partition coefficient (Wildman–Crippen LogP) is 4.48. The molecule has 0 rings (SSSR count). The number of hydrogen-bond acceptors (Lipinski definition) is 3. The molecule has 1 unspecified atom stereocenters. The lowest BCUT2D eigenvalue weighted by Crippen LogP contribution is -2.47. The molecule has 24 heavy (non-hydrogen) atoms. The zero-order valence-electron chi connectivity index (χ0n) is 17.3. The van der Waals surface area contributed by atoms with E-state index in [4.69, 9.17) is 9.47 Å². The molecule has 4 nitrogen and oxygen atoms in total. The highest BCUT2D eigenvalue weighted by molar-refractivity contribution is 5.74. The third kappa shape index (κ3) is 9.43. The average Bonchev–Trinajstić information content (AvgIpc) is 2.34. The van der Waals surface area contributed by atoms with Gasteiger partial charge in [-0.15, -0.1) is 6.58 Å². The van der Waals surface area contributed by atoms with Gasteiger partial charge in [0, 0.05) is 14.0 Å². The topological polar surface area (TPSA) is 47.6 Å². The predicted molar refractivity (Wildman–Crippen MR) is 101 cm³/mol. The van der Waals surface area contributed by atoms with E-state index < -0.39 is 5.54 Å². The van der Waals surface area contributed by atoms with E-state index in [0.29, 0.717) is 6.61 Å². The van der Waals surface area contributed by atoms with E-state index in [2.05, 4.69) is 53.4 Å². The minimum Gasteiger partial charge on any atom is -0.379 e. The molecule has 1 atom stereocenters. The summed E-state index contributed by atoms with van der Waals surface area (Å²) in [6, 6.07) is 0. The summed E-state index contributed by atoms with van der Waals surface area (Å²) < 4.78 is 11.6. The fourth-order valence-corrected chi connectivity index (χ4v) is 3.50. The Morgan fingerprint density at radius 2 is 1.58 bits per heavy atom. The molecule has 0 aliphatic heterocycles. The fraction of sp³-hybridized carbons (Fsp3) is 0.850. The van der Waals surface area contributed by atoms with E-state index in [-0.39, 0.29) is 22.5 Å². The van der Waals surface area contributed by atoms with E-state index >= 15 is 0 Å². The van der Waals surface area contributed by atoms with Crippen molar-refractivity contribution in [3.8, 4) is 0 Å². The van der Waals surface area contributed by atoms with Crippen molar-refractivity contribution in [2.75, 3.05) is 13.7 Å². The van der Waals surface area contributed by atoms with Crippen LogP contribution < -0.4 is 5.32 Å². The van der Waals surface area contributed by atoms with Crippen LogP contribution in [0.2, 0.25) is 0 Å². The normalized spacial score (nSPS) is 15.7. The van der Waals surface area contributed by atoms with Gasteiger partial charge in [-0.3, -0.25) is 4.79 Å². The molecule has 0 heterocycles. The minimum absolute atomic E-state index is 0.00827. The van der Waals surface area contributed by atoms with Gasteiger partial charge in [-0.25, -0.2) is 0 Å². The second kappa shape index (κ2) is 8.48. The molecule has 0 aliphatic carbocycles. The van der Waals surface area contributed by atoms with Crippen molar-refractivity contribution in [1.29, 1.82) is 0 Å². The molecule has 0 radical (unpaired) electrons.